The number of benzene rings is 1. The van der Waals surface area contributed by atoms with E-state index >= 15 is 0 Å². The van der Waals surface area contributed by atoms with Crippen molar-refractivity contribution in [2.24, 2.45) is 5.10 Å². The highest BCUT2D eigenvalue weighted by Crippen LogP contribution is 2.23. The number of nitrogens with zero attached hydrogens (tertiary/aromatic N) is 6. The van der Waals surface area contributed by atoms with Crippen LogP contribution in [-0.2, 0) is 0 Å². The molecule has 0 aliphatic rings. The number of hydrogen-bond donors (Lipinski definition) is 0. The summed E-state index contributed by atoms with van der Waals surface area (Å²) in [4.78, 5) is 7.21. The van der Waals surface area contributed by atoms with Gasteiger partial charge in [0.2, 0.25) is 11.1 Å². The van der Waals surface area contributed by atoms with Crippen LogP contribution in [0, 0.1) is 5.82 Å². The predicted molar refractivity (Wildman–Crippen MR) is 76.5 cm³/mol. The quantitative estimate of drug-likeness (QED) is 0.545. The molecular formula is C13H8ClFN6O. The zero-order chi connectivity index (χ0) is 15.4. The summed E-state index contributed by atoms with van der Waals surface area (Å²) in [6.45, 7) is 0. The Bertz CT molecular complexity index is 808. The first-order valence-corrected chi connectivity index (χ1v) is 6.43. The summed E-state index contributed by atoms with van der Waals surface area (Å²) in [5.74, 6) is -0.553. The Labute approximate surface area is 129 Å². The van der Waals surface area contributed by atoms with Crippen LogP contribution in [0.4, 0.5) is 4.39 Å². The lowest BCUT2D eigenvalue weighted by atomic mass is 10.2. The van der Waals surface area contributed by atoms with E-state index in [1.54, 1.807) is 24.4 Å². The molecule has 0 radical (unpaired) electrons. The van der Waals surface area contributed by atoms with E-state index in [9.17, 15) is 4.39 Å². The van der Waals surface area contributed by atoms with Crippen LogP contribution in [-0.4, -0.2) is 31.1 Å². The van der Waals surface area contributed by atoms with Gasteiger partial charge in [-0.2, -0.15) is 14.5 Å². The molecule has 0 unspecified atom stereocenters. The summed E-state index contributed by atoms with van der Waals surface area (Å²) in [6, 6.07) is 6.88. The van der Waals surface area contributed by atoms with Crippen LogP contribution in [0.2, 0.25) is 5.28 Å². The lowest BCUT2D eigenvalue weighted by Crippen LogP contribution is -1.95. The first kappa shape index (κ1) is 14.1. The molecule has 0 aliphatic heterocycles. The maximum atomic E-state index is 13.5. The summed E-state index contributed by atoms with van der Waals surface area (Å²) < 4.78 is 20.3. The molecule has 0 fully saturated rings. The van der Waals surface area contributed by atoms with E-state index in [0.717, 1.165) is 11.8 Å². The van der Waals surface area contributed by atoms with Gasteiger partial charge in [-0.3, -0.25) is 0 Å². The SMILES string of the molecule is Fc1cnc(Cl)nc1Oc1cccc(/C=N/n2cnnc2)c1. The Balaban J connectivity index is 1.80. The molecule has 0 saturated heterocycles. The van der Waals surface area contributed by atoms with Gasteiger partial charge in [-0.05, 0) is 29.3 Å². The smallest absolute Gasteiger partial charge is 0.260 e. The summed E-state index contributed by atoms with van der Waals surface area (Å²) in [6.07, 6.45) is 5.44. The third-order valence-corrected chi connectivity index (χ3v) is 2.68. The van der Waals surface area contributed by atoms with Crippen molar-refractivity contribution in [3.05, 3.63) is 59.8 Å². The van der Waals surface area contributed by atoms with Crippen molar-refractivity contribution in [3.8, 4) is 11.6 Å². The Kier molecular flexibility index (Phi) is 4.01. The largest absolute Gasteiger partial charge is 0.436 e. The summed E-state index contributed by atoms with van der Waals surface area (Å²) in [5, 5.41) is 11.3. The molecule has 0 amide bonds. The van der Waals surface area contributed by atoms with E-state index in [1.807, 2.05) is 6.07 Å². The number of hydrogen-bond acceptors (Lipinski definition) is 6. The van der Waals surface area contributed by atoms with Gasteiger partial charge in [0.05, 0.1) is 12.4 Å². The van der Waals surface area contributed by atoms with Gasteiger partial charge in [-0.1, -0.05) is 12.1 Å². The van der Waals surface area contributed by atoms with Crippen LogP contribution in [0.25, 0.3) is 0 Å². The van der Waals surface area contributed by atoms with Gasteiger partial charge < -0.3 is 4.74 Å². The van der Waals surface area contributed by atoms with E-state index in [4.69, 9.17) is 16.3 Å². The Morgan fingerprint density at radius 3 is 2.91 bits per heavy atom. The van der Waals surface area contributed by atoms with Gasteiger partial charge in [0.1, 0.15) is 18.4 Å². The lowest BCUT2D eigenvalue weighted by Gasteiger charge is -2.06. The van der Waals surface area contributed by atoms with Crippen LogP contribution >= 0.6 is 11.6 Å². The zero-order valence-corrected chi connectivity index (χ0v) is 11.7. The van der Waals surface area contributed by atoms with E-state index in [-0.39, 0.29) is 11.2 Å². The topological polar surface area (TPSA) is 78.1 Å². The second-order valence-corrected chi connectivity index (χ2v) is 4.39. The van der Waals surface area contributed by atoms with E-state index in [2.05, 4.69) is 25.3 Å². The molecule has 110 valence electrons. The lowest BCUT2D eigenvalue weighted by molar-refractivity contribution is 0.420. The maximum Gasteiger partial charge on any atom is 0.260 e. The fraction of sp³-hybridized carbons (Fsp3) is 0. The zero-order valence-electron chi connectivity index (χ0n) is 11.0. The van der Waals surface area contributed by atoms with Crippen molar-refractivity contribution in [2.45, 2.75) is 0 Å². The third-order valence-electron chi connectivity index (χ3n) is 2.50. The Hall–Kier alpha value is -2.87. The summed E-state index contributed by atoms with van der Waals surface area (Å²) in [7, 11) is 0. The van der Waals surface area contributed by atoms with Gasteiger partial charge >= 0.3 is 0 Å². The molecular weight excluding hydrogens is 311 g/mol. The molecule has 0 bridgehead atoms. The van der Waals surface area contributed by atoms with Crippen LogP contribution in [0.5, 0.6) is 11.6 Å². The number of halogens is 2. The van der Waals surface area contributed by atoms with E-state index < -0.39 is 5.82 Å². The first-order valence-electron chi connectivity index (χ1n) is 6.05. The highest BCUT2D eigenvalue weighted by atomic mass is 35.5. The standard InChI is InChI=1S/C13H8ClFN6O/c14-13-16-6-11(15)12(20-13)22-10-3-1-2-9(4-10)5-19-21-7-17-18-8-21/h1-8H/b19-5+. The van der Waals surface area contributed by atoms with Gasteiger partial charge in [-0.25, -0.2) is 9.66 Å². The highest BCUT2D eigenvalue weighted by Gasteiger charge is 2.08. The third kappa shape index (κ3) is 3.41. The molecule has 2 aromatic heterocycles. The fourth-order valence-corrected chi connectivity index (χ4v) is 1.69. The van der Waals surface area contributed by atoms with Crippen molar-refractivity contribution in [1.82, 2.24) is 24.8 Å². The second kappa shape index (κ2) is 6.27. The van der Waals surface area contributed by atoms with Gasteiger partial charge in [0.25, 0.3) is 5.88 Å². The Morgan fingerprint density at radius 1 is 1.27 bits per heavy atom. The maximum absolute atomic E-state index is 13.5. The molecule has 3 rings (SSSR count). The highest BCUT2D eigenvalue weighted by molar-refractivity contribution is 6.28. The number of aromatic nitrogens is 5. The molecule has 0 N–H and O–H groups in total. The minimum atomic E-state index is -0.701. The minimum Gasteiger partial charge on any atom is -0.436 e. The molecule has 0 saturated carbocycles. The predicted octanol–water partition coefficient (Wildman–Crippen LogP) is 2.54. The molecule has 22 heavy (non-hydrogen) atoms. The van der Waals surface area contributed by atoms with Crippen molar-refractivity contribution < 1.29 is 9.13 Å². The average molecular weight is 319 g/mol. The van der Waals surface area contributed by atoms with Crippen molar-refractivity contribution in [1.29, 1.82) is 0 Å². The van der Waals surface area contributed by atoms with Gasteiger partial charge in [0.15, 0.2) is 0 Å². The van der Waals surface area contributed by atoms with Gasteiger partial charge in [-0.15, -0.1) is 10.2 Å². The normalized spacial score (nSPS) is 11.0. The molecule has 0 atom stereocenters. The van der Waals surface area contributed by atoms with Crippen LogP contribution < -0.4 is 4.74 Å². The second-order valence-electron chi connectivity index (χ2n) is 4.05. The molecule has 2 heterocycles. The molecule has 1 aromatic carbocycles. The first-order chi connectivity index (χ1) is 10.7. The number of ether oxygens (including phenoxy) is 1. The van der Waals surface area contributed by atoms with Crippen molar-refractivity contribution in [2.75, 3.05) is 0 Å². The summed E-state index contributed by atoms with van der Waals surface area (Å²) >= 11 is 5.62. The average Bonchev–Trinajstić information content (AvgIpc) is 3.03. The van der Waals surface area contributed by atoms with Crippen molar-refractivity contribution >= 4 is 17.8 Å². The summed E-state index contributed by atoms with van der Waals surface area (Å²) in [5.41, 5.74) is 0.742. The Morgan fingerprint density at radius 2 is 2.09 bits per heavy atom. The minimum absolute atomic E-state index is 0.0956. The van der Waals surface area contributed by atoms with Crippen LogP contribution in [0.15, 0.2) is 48.2 Å². The molecule has 0 spiro atoms. The molecule has 0 aliphatic carbocycles. The molecule has 9 heteroatoms. The van der Waals surface area contributed by atoms with E-state index in [1.165, 1.54) is 17.3 Å². The number of rotatable bonds is 4. The molecule has 3 aromatic rings. The van der Waals surface area contributed by atoms with Crippen LogP contribution in [0.1, 0.15) is 5.56 Å². The molecule has 7 nitrogen and oxygen atoms in total. The van der Waals surface area contributed by atoms with Crippen molar-refractivity contribution in [3.63, 3.8) is 0 Å². The van der Waals surface area contributed by atoms with Gasteiger partial charge in [0, 0.05) is 0 Å². The van der Waals surface area contributed by atoms with E-state index in [0.29, 0.717) is 5.75 Å². The fourth-order valence-electron chi connectivity index (χ4n) is 1.56. The monoisotopic (exact) mass is 318 g/mol. The van der Waals surface area contributed by atoms with Crippen LogP contribution in [0.3, 0.4) is 0 Å².